The largest absolute Gasteiger partial charge is 0.493 e. The standard InChI is InChI=1S/C30H42N4O2/c1-20(2)29-25-19-23(31-22-7-10-24(11-8-22)34-16-14-33(3)15-17-34)9-12-26(25)32-30(29)21-6-13-27(35-4)28(18-21)36-5/h6,9,12-13,18-20,22,24,31-32H,7-8,10-11,14-17H2,1-5H3. The molecule has 2 fully saturated rings. The highest BCUT2D eigenvalue weighted by Gasteiger charge is 2.28. The number of aromatic amines is 1. The molecule has 2 aliphatic rings. The summed E-state index contributed by atoms with van der Waals surface area (Å²) in [5.41, 5.74) is 6.02. The Morgan fingerprint density at radius 1 is 0.889 bits per heavy atom. The fourth-order valence-electron chi connectivity index (χ4n) is 6.13. The molecule has 2 N–H and O–H groups in total. The maximum Gasteiger partial charge on any atom is 0.161 e. The molecule has 6 nitrogen and oxygen atoms in total. The molecular formula is C30H42N4O2. The van der Waals surface area contributed by atoms with Crippen molar-refractivity contribution < 1.29 is 9.47 Å². The van der Waals surface area contributed by atoms with Crippen LogP contribution in [-0.2, 0) is 0 Å². The van der Waals surface area contributed by atoms with E-state index < -0.39 is 0 Å². The topological polar surface area (TPSA) is 52.8 Å². The number of likely N-dealkylation sites (N-methyl/N-ethyl adjacent to an activating group) is 1. The molecule has 0 spiro atoms. The lowest BCUT2D eigenvalue weighted by atomic mass is 9.89. The van der Waals surface area contributed by atoms with Gasteiger partial charge in [0.2, 0.25) is 0 Å². The summed E-state index contributed by atoms with van der Waals surface area (Å²) in [7, 11) is 5.60. The first kappa shape index (κ1) is 25.0. The molecule has 0 atom stereocenters. The number of piperazine rings is 1. The van der Waals surface area contributed by atoms with Crippen molar-refractivity contribution in [2.24, 2.45) is 0 Å². The van der Waals surface area contributed by atoms with Crippen LogP contribution in [-0.4, -0.2) is 74.3 Å². The van der Waals surface area contributed by atoms with E-state index in [1.54, 1.807) is 14.2 Å². The Kier molecular flexibility index (Phi) is 7.44. The molecule has 36 heavy (non-hydrogen) atoms. The van der Waals surface area contributed by atoms with E-state index in [-0.39, 0.29) is 0 Å². The zero-order valence-electron chi connectivity index (χ0n) is 22.6. The van der Waals surface area contributed by atoms with Gasteiger partial charge in [0.1, 0.15) is 0 Å². The zero-order chi connectivity index (χ0) is 25.2. The number of hydrogen-bond donors (Lipinski definition) is 2. The van der Waals surface area contributed by atoms with Crippen LogP contribution in [0.2, 0.25) is 0 Å². The van der Waals surface area contributed by atoms with E-state index >= 15 is 0 Å². The number of nitrogens with zero attached hydrogens (tertiary/aromatic N) is 2. The Hall–Kier alpha value is -2.70. The summed E-state index contributed by atoms with van der Waals surface area (Å²) in [6.07, 6.45) is 5.09. The first-order valence-electron chi connectivity index (χ1n) is 13.5. The van der Waals surface area contributed by atoms with Crippen molar-refractivity contribution in [1.82, 2.24) is 14.8 Å². The van der Waals surface area contributed by atoms with Gasteiger partial charge in [-0.2, -0.15) is 0 Å². The van der Waals surface area contributed by atoms with E-state index in [0.29, 0.717) is 12.0 Å². The molecule has 3 aromatic rings. The Balaban J connectivity index is 1.33. The van der Waals surface area contributed by atoms with E-state index in [0.717, 1.165) is 28.8 Å². The van der Waals surface area contributed by atoms with Gasteiger partial charge in [-0.3, -0.25) is 4.90 Å². The van der Waals surface area contributed by atoms with Gasteiger partial charge in [-0.1, -0.05) is 13.8 Å². The molecule has 0 amide bonds. The number of methoxy groups -OCH3 is 2. The molecular weight excluding hydrogens is 448 g/mol. The predicted octanol–water partition coefficient (Wildman–Crippen LogP) is 5.95. The summed E-state index contributed by atoms with van der Waals surface area (Å²) in [4.78, 5) is 8.87. The lowest BCUT2D eigenvalue weighted by Crippen LogP contribution is -2.50. The van der Waals surface area contributed by atoms with E-state index in [2.05, 4.69) is 71.3 Å². The Morgan fingerprint density at radius 2 is 1.61 bits per heavy atom. The lowest BCUT2D eigenvalue weighted by Gasteiger charge is -2.41. The third-order valence-electron chi connectivity index (χ3n) is 8.21. The molecule has 0 radical (unpaired) electrons. The number of hydrogen-bond acceptors (Lipinski definition) is 5. The van der Waals surface area contributed by atoms with Gasteiger partial charge in [-0.25, -0.2) is 0 Å². The molecule has 1 aliphatic carbocycles. The number of aromatic nitrogens is 1. The second-order valence-corrected chi connectivity index (χ2v) is 10.9. The second kappa shape index (κ2) is 10.7. The lowest BCUT2D eigenvalue weighted by molar-refractivity contribution is 0.0894. The van der Waals surface area contributed by atoms with E-state index in [1.165, 1.54) is 74.0 Å². The van der Waals surface area contributed by atoms with Crippen LogP contribution in [0.15, 0.2) is 36.4 Å². The maximum atomic E-state index is 5.57. The molecule has 5 rings (SSSR count). The highest BCUT2D eigenvalue weighted by molar-refractivity contribution is 5.93. The van der Waals surface area contributed by atoms with Crippen LogP contribution in [0.4, 0.5) is 5.69 Å². The van der Waals surface area contributed by atoms with E-state index in [9.17, 15) is 0 Å². The van der Waals surface area contributed by atoms with Crippen LogP contribution < -0.4 is 14.8 Å². The third kappa shape index (κ3) is 5.07. The summed E-state index contributed by atoms with van der Waals surface area (Å²) in [6.45, 7) is 9.41. The number of anilines is 1. The number of nitrogens with one attached hydrogen (secondary N) is 2. The summed E-state index contributed by atoms with van der Waals surface area (Å²) in [5.74, 6) is 1.88. The average molecular weight is 491 g/mol. The average Bonchev–Trinajstić information content (AvgIpc) is 3.28. The number of rotatable bonds is 7. The van der Waals surface area contributed by atoms with Gasteiger partial charge in [-0.15, -0.1) is 0 Å². The highest BCUT2D eigenvalue weighted by atomic mass is 16.5. The van der Waals surface area contributed by atoms with Crippen LogP contribution in [0.1, 0.15) is 51.0 Å². The first-order valence-corrected chi connectivity index (χ1v) is 13.5. The second-order valence-electron chi connectivity index (χ2n) is 10.9. The Bertz CT molecular complexity index is 1170. The minimum absolute atomic E-state index is 0.385. The molecule has 0 bridgehead atoms. The van der Waals surface area contributed by atoms with Gasteiger partial charge < -0.3 is 24.7 Å². The Morgan fingerprint density at radius 3 is 2.28 bits per heavy atom. The molecule has 2 aromatic carbocycles. The summed E-state index contributed by atoms with van der Waals surface area (Å²) < 4.78 is 11.0. The minimum Gasteiger partial charge on any atom is -0.493 e. The molecule has 1 aromatic heterocycles. The minimum atomic E-state index is 0.385. The van der Waals surface area contributed by atoms with Gasteiger partial charge in [0.15, 0.2) is 11.5 Å². The summed E-state index contributed by atoms with van der Waals surface area (Å²) >= 11 is 0. The zero-order valence-corrected chi connectivity index (χ0v) is 22.6. The molecule has 1 saturated carbocycles. The molecule has 0 unspecified atom stereocenters. The summed E-state index contributed by atoms with van der Waals surface area (Å²) in [5, 5.41) is 5.17. The Labute approximate surface area is 216 Å². The van der Waals surface area contributed by atoms with Crippen molar-refractivity contribution in [2.75, 3.05) is 52.8 Å². The van der Waals surface area contributed by atoms with Crippen LogP contribution in [0.5, 0.6) is 11.5 Å². The molecule has 2 heterocycles. The smallest absolute Gasteiger partial charge is 0.161 e. The normalized spacial score (nSPS) is 21.7. The van der Waals surface area contributed by atoms with Crippen LogP contribution in [0, 0.1) is 0 Å². The highest BCUT2D eigenvalue weighted by Crippen LogP contribution is 2.40. The van der Waals surface area contributed by atoms with Crippen LogP contribution in [0.25, 0.3) is 22.2 Å². The maximum absolute atomic E-state index is 5.57. The SMILES string of the molecule is COc1ccc(-c2[nH]c3ccc(NC4CCC(N5CCN(C)CC5)CC4)cc3c2C(C)C)cc1OC. The van der Waals surface area contributed by atoms with Crippen molar-refractivity contribution in [3.63, 3.8) is 0 Å². The molecule has 194 valence electrons. The van der Waals surface area contributed by atoms with Gasteiger partial charge in [0, 0.05) is 60.4 Å². The predicted molar refractivity (Wildman–Crippen MR) is 150 cm³/mol. The monoisotopic (exact) mass is 490 g/mol. The fraction of sp³-hybridized carbons (Fsp3) is 0.533. The van der Waals surface area contributed by atoms with E-state index in [4.69, 9.17) is 9.47 Å². The molecule has 6 heteroatoms. The first-order chi connectivity index (χ1) is 17.5. The van der Waals surface area contributed by atoms with Crippen LogP contribution in [0.3, 0.4) is 0 Å². The number of fused-ring (bicyclic) bond motifs is 1. The van der Waals surface area contributed by atoms with Gasteiger partial charge >= 0.3 is 0 Å². The van der Waals surface area contributed by atoms with Crippen molar-refractivity contribution in [1.29, 1.82) is 0 Å². The van der Waals surface area contributed by atoms with Crippen molar-refractivity contribution in [3.05, 3.63) is 42.0 Å². The quantitative estimate of drug-likeness (QED) is 0.429. The molecule has 1 aliphatic heterocycles. The fourth-order valence-corrected chi connectivity index (χ4v) is 6.13. The van der Waals surface area contributed by atoms with Crippen molar-refractivity contribution >= 4 is 16.6 Å². The number of H-pyrrole nitrogens is 1. The van der Waals surface area contributed by atoms with Crippen LogP contribution >= 0.6 is 0 Å². The number of ether oxygens (including phenoxy) is 2. The van der Waals surface area contributed by atoms with Gasteiger partial charge in [0.25, 0.3) is 0 Å². The van der Waals surface area contributed by atoms with Gasteiger partial charge in [-0.05, 0) is 80.6 Å². The van der Waals surface area contributed by atoms with Crippen molar-refractivity contribution in [2.45, 2.75) is 57.5 Å². The third-order valence-corrected chi connectivity index (χ3v) is 8.21. The number of benzene rings is 2. The summed E-state index contributed by atoms with van der Waals surface area (Å²) in [6, 6.07) is 14.3. The van der Waals surface area contributed by atoms with Gasteiger partial charge in [0.05, 0.1) is 19.9 Å². The van der Waals surface area contributed by atoms with E-state index in [1.807, 2.05) is 6.07 Å². The van der Waals surface area contributed by atoms with Crippen molar-refractivity contribution in [3.8, 4) is 22.8 Å². The molecule has 1 saturated heterocycles.